The van der Waals surface area contributed by atoms with Crippen LogP contribution in [0.15, 0.2) is 60.9 Å². The maximum Gasteiger partial charge on any atom is 0.224 e. The standard InChI is InChI=1S/C22H20Cl2N6/c1-15-12-21(29-22(24)28-15)30(14-17-4-2-3-8-25-17)11-10-27-19-7-9-26-20-13-16(23)5-6-18(19)20/h2-9,12-13H,10-11,14H2,1H3,(H,26,27). The first-order valence-corrected chi connectivity index (χ1v) is 10.3. The highest BCUT2D eigenvalue weighted by Gasteiger charge is 2.12. The molecule has 4 aromatic rings. The highest BCUT2D eigenvalue weighted by atomic mass is 35.5. The molecule has 0 atom stereocenters. The van der Waals surface area contributed by atoms with E-state index in [2.05, 4.69) is 30.2 Å². The Kier molecular flexibility index (Phi) is 6.26. The second-order valence-electron chi connectivity index (χ2n) is 6.83. The van der Waals surface area contributed by atoms with Crippen LogP contribution in [0, 0.1) is 6.92 Å². The van der Waals surface area contributed by atoms with Crippen LogP contribution in [0.5, 0.6) is 0 Å². The summed E-state index contributed by atoms with van der Waals surface area (Å²) in [6.45, 7) is 3.90. The molecule has 8 heteroatoms. The number of hydrogen-bond acceptors (Lipinski definition) is 6. The van der Waals surface area contributed by atoms with Crippen molar-refractivity contribution < 1.29 is 0 Å². The van der Waals surface area contributed by atoms with Crippen molar-refractivity contribution >= 4 is 45.6 Å². The Bertz CT molecular complexity index is 1130. The number of benzene rings is 1. The first-order valence-electron chi connectivity index (χ1n) is 9.53. The summed E-state index contributed by atoms with van der Waals surface area (Å²) in [5, 5.41) is 5.44. The van der Waals surface area contributed by atoms with Crippen molar-refractivity contribution in [2.45, 2.75) is 13.5 Å². The van der Waals surface area contributed by atoms with Gasteiger partial charge in [0.05, 0.1) is 17.8 Å². The first kappa shape index (κ1) is 20.3. The molecule has 3 heterocycles. The van der Waals surface area contributed by atoms with Gasteiger partial charge in [0.1, 0.15) is 5.82 Å². The van der Waals surface area contributed by atoms with Gasteiger partial charge in [-0.25, -0.2) is 9.97 Å². The molecule has 0 aliphatic rings. The quantitative estimate of drug-likeness (QED) is 0.402. The fourth-order valence-electron chi connectivity index (χ4n) is 3.24. The number of pyridine rings is 2. The Balaban J connectivity index is 1.53. The van der Waals surface area contributed by atoms with Crippen LogP contribution in [0.4, 0.5) is 11.5 Å². The molecule has 0 saturated carbocycles. The number of halogens is 2. The summed E-state index contributed by atoms with van der Waals surface area (Å²) in [6.07, 6.45) is 3.57. The van der Waals surface area contributed by atoms with Gasteiger partial charge in [-0.05, 0) is 54.9 Å². The summed E-state index contributed by atoms with van der Waals surface area (Å²) >= 11 is 12.2. The average Bonchev–Trinajstić information content (AvgIpc) is 2.73. The van der Waals surface area contributed by atoms with Gasteiger partial charge in [-0.3, -0.25) is 9.97 Å². The minimum atomic E-state index is 0.237. The molecule has 0 radical (unpaired) electrons. The largest absolute Gasteiger partial charge is 0.383 e. The maximum absolute atomic E-state index is 6.11. The molecule has 1 aromatic carbocycles. The first-order chi connectivity index (χ1) is 14.6. The summed E-state index contributed by atoms with van der Waals surface area (Å²) in [4.78, 5) is 19.6. The monoisotopic (exact) mass is 438 g/mol. The lowest BCUT2D eigenvalue weighted by Gasteiger charge is -2.24. The van der Waals surface area contributed by atoms with Crippen LogP contribution in [0.3, 0.4) is 0 Å². The van der Waals surface area contributed by atoms with E-state index in [1.165, 1.54) is 0 Å². The predicted octanol–water partition coefficient (Wildman–Crippen LogP) is 5.15. The Morgan fingerprint density at radius 2 is 1.87 bits per heavy atom. The Morgan fingerprint density at radius 1 is 0.967 bits per heavy atom. The Labute approximate surface area is 184 Å². The molecule has 0 spiro atoms. The number of hydrogen-bond donors (Lipinski definition) is 1. The molecule has 0 amide bonds. The van der Waals surface area contributed by atoms with Crippen LogP contribution in [0.1, 0.15) is 11.4 Å². The highest BCUT2D eigenvalue weighted by Crippen LogP contribution is 2.24. The van der Waals surface area contributed by atoms with Crippen LogP contribution in [-0.4, -0.2) is 33.0 Å². The second-order valence-corrected chi connectivity index (χ2v) is 7.60. The van der Waals surface area contributed by atoms with Crippen molar-refractivity contribution in [2.24, 2.45) is 0 Å². The van der Waals surface area contributed by atoms with Gasteiger partial charge in [0.2, 0.25) is 5.28 Å². The normalized spacial score (nSPS) is 10.9. The molecular formula is C22H20Cl2N6. The van der Waals surface area contributed by atoms with E-state index in [9.17, 15) is 0 Å². The lowest BCUT2D eigenvalue weighted by molar-refractivity contribution is 0.770. The van der Waals surface area contributed by atoms with Gasteiger partial charge in [0, 0.05) is 53.3 Å². The van der Waals surface area contributed by atoms with Gasteiger partial charge in [-0.2, -0.15) is 0 Å². The van der Waals surface area contributed by atoms with Crippen LogP contribution < -0.4 is 10.2 Å². The molecular weight excluding hydrogens is 419 g/mol. The lowest BCUT2D eigenvalue weighted by Crippen LogP contribution is -2.30. The Morgan fingerprint density at radius 3 is 2.67 bits per heavy atom. The molecule has 0 unspecified atom stereocenters. The smallest absolute Gasteiger partial charge is 0.224 e. The zero-order valence-electron chi connectivity index (χ0n) is 16.4. The zero-order valence-corrected chi connectivity index (χ0v) is 17.9. The van der Waals surface area contributed by atoms with Gasteiger partial charge in [-0.1, -0.05) is 17.7 Å². The highest BCUT2D eigenvalue weighted by molar-refractivity contribution is 6.31. The molecule has 30 heavy (non-hydrogen) atoms. The van der Waals surface area contributed by atoms with E-state index in [4.69, 9.17) is 23.2 Å². The lowest BCUT2D eigenvalue weighted by atomic mass is 10.2. The molecule has 0 saturated heterocycles. The number of fused-ring (bicyclic) bond motifs is 1. The third-order valence-electron chi connectivity index (χ3n) is 4.62. The molecule has 152 valence electrons. The van der Waals surface area contributed by atoms with Gasteiger partial charge in [-0.15, -0.1) is 0 Å². The van der Waals surface area contributed by atoms with Gasteiger partial charge in [0.25, 0.3) is 0 Å². The van der Waals surface area contributed by atoms with Crippen molar-refractivity contribution in [3.63, 3.8) is 0 Å². The summed E-state index contributed by atoms with van der Waals surface area (Å²) in [5.41, 5.74) is 3.64. The van der Waals surface area contributed by atoms with Crippen LogP contribution >= 0.6 is 23.2 Å². The molecule has 0 aliphatic carbocycles. The number of aryl methyl sites for hydroxylation is 1. The summed E-state index contributed by atoms with van der Waals surface area (Å²) in [7, 11) is 0. The number of rotatable bonds is 7. The third-order valence-corrected chi connectivity index (χ3v) is 5.02. The number of nitrogens with one attached hydrogen (secondary N) is 1. The molecule has 6 nitrogen and oxygen atoms in total. The molecule has 4 rings (SSSR count). The van der Waals surface area contributed by atoms with E-state index >= 15 is 0 Å². The van der Waals surface area contributed by atoms with Crippen molar-refractivity contribution in [1.29, 1.82) is 0 Å². The van der Waals surface area contributed by atoms with Crippen molar-refractivity contribution in [3.8, 4) is 0 Å². The predicted molar refractivity (Wildman–Crippen MR) is 122 cm³/mol. The van der Waals surface area contributed by atoms with Crippen LogP contribution in [-0.2, 0) is 6.54 Å². The third kappa shape index (κ3) is 4.96. The molecule has 3 aromatic heterocycles. The minimum Gasteiger partial charge on any atom is -0.383 e. The van der Waals surface area contributed by atoms with E-state index in [1.54, 1.807) is 12.4 Å². The van der Waals surface area contributed by atoms with Crippen molar-refractivity contribution in [3.05, 3.63) is 82.6 Å². The maximum atomic E-state index is 6.11. The second kappa shape index (κ2) is 9.24. The van der Waals surface area contributed by atoms with E-state index < -0.39 is 0 Å². The average molecular weight is 439 g/mol. The zero-order chi connectivity index (χ0) is 20.9. The molecule has 0 bridgehead atoms. The van der Waals surface area contributed by atoms with Crippen LogP contribution in [0.2, 0.25) is 10.3 Å². The number of aromatic nitrogens is 4. The molecule has 0 aliphatic heterocycles. The number of anilines is 2. The van der Waals surface area contributed by atoms with Crippen molar-refractivity contribution in [2.75, 3.05) is 23.3 Å². The fraction of sp³-hybridized carbons (Fsp3) is 0.182. The van der Waals surface area contributed by atoms with E-state index in [-0.39, 0.29) is 5.28 Å². The topological polar surface area (TPSA) is 66.8 Å². The summed E-state index contributed by atoms with van der Waals surface area (Å²) in [6, 6.07) is 15.5. The van der Waals surface area contributed by atoms with Gasteiger partial charge < -0.3 is 10.2 Å². The molecule has 1 N–H and O–H groups in total. The Hall–Kier alpha value is -2.96. The summed E-state index contributed by atoms with van der Waals surface area (Å²) in [5.74, 6) is 0.770. The minimum absolute atomic E-state index is 0.237. The fourth-order valence-corrected chi connectivity index (χ4v) is 3.63. The molecule has 0 fully saturated rings. The van der Waals surface area contributed by atoms with E-state index in [0.717, 1.165) is 33.8 Å². The van der Waals surface area contributed by atoms with E-state index in [0.29, 0.717) is 24.7 Å². The van der Waals surface area contributed by atoms with Crippen molar-refractivity contribution in [1.82, 2.24) is 19.9 Å². The van der Waals surface area contributed by atoms with Gasteiger partial charge in [0.15, 0.2) is 0 Å². The van der Waals surface area contributed by atoms with Crippen LogP contribution in [0.25, 0.3) is 10.9 Å². The SMILES string of the molecule is Cc1cc(N(CCNc2ccnc3cc(Cl)ccc23)Cc2ccccn2)nc(Cl)n1. The summed E-state index contributed by atoms with van der Waals surface area (Å²) < 4.78 is 0. The van der Waals surface area contributed by atoms with E-state index in [1.807, 2.05) is 55.5 Å². The number of nitrogens with zero attached hydrogens (tertiary/aromatic N) is 5. The van der Waals surface area contributed by atoms with Gasteiger partial charge >= 0.3 is 0 Å².